The molecule has 0 aliphatic carbocycles. The largest absolute Gasteiger partial charge is 0.480 e. The second-order valence-corrected chi connectivity index (χ2v) is 4.82. The summed E-state index contributed by atoms with van der Waals surface area (Å²) in [6.45, 7) is 2.46. The van der Waals surface area contributed by atoms with Gasteiger partial charge in [0.1, 0.15) is 6.61 Å². The van der Waals surface area contributed by atoms with Crippen LogP contribution in [0.15, 0.2) is 6.07 Å². The predicted octanol–water partition coefficient (Wildman–Crippen LogP) is 0.423. The van der Waals surface area contributed by atoms with E-state index in [0.717, 1.165) is 17.7 Å². The van der Waals surface area contributed by atoms with Crippen molar-refractivity contribution in [1.29, 1.82) is 0 Å². The molecule has 0 radical (unpaired) electrons. The van der Waals surface area contributed by atoms with Crippen molar-refractivity contribution < 1.29 is 19.0 Å². The summed E-state index contributed by atoms with van der Waals surface area (Å²) < 4.78 is 15.4. The molecule has 1 amide bonds. The third-order valence-corrected chi connectivity index (χ3v) is 3.34. The van der Waals surface area contributed by atoms with Gasteiger partial charge in [-0.05, 0) is 6.42 Å². The Morgan fingerprint density at radius 2 is 2.19 bits per heavy atom. The maximum Gasteiger partial charge on any atom is 0.248 e. The van der Waals surface area contributed by atoms with Crippen molar-refractivity contribution in [2.45, 2.75) is 19.4 Å². The van der Waals surface area contributed by atoms with Gasteiger partial charge in [-0.3, -0.25) is 4.79 Å². The molecule has 7 heteroatoms. The molecule has 0 saturated heterocycles. The third kappa shape index (κ3) is 4.37. The molecule has 0 atom stereocenters. The van der Waals surface area contributed by atoms with Gasteiger partial charge < -0.3 is 19.1 Å². The van der Waals surface area contributed by atoms with Crippen molar-refractivity contribution in [1.82, 2.24) is 15.1 Å². The Hall–Kier alpha value is -1.73. The number of carbonyl (C=O) groups is 1. The van der Waals surface area contributed by atoms with Gasteiger partial charge in [0, 0.05) is 51.5 Å². The summed E-state index contributed by atoms with van der Waals surface area (Å²) in [5, 5.41) is 8.07. The first-order valence-corrected chi connectivity index (χ1v) is 6.98. The highest BCUT2D eigenvalue weighted by molar-refractivity contribution is 5.77. The smallest absolute Gasteiger partial charge is 0.248 e. The highest BCUT2D eigenvalue weighted by Crippen LogP contribution is 2.19. The molecule has 1 aliphatic rings. The quantitative estimate of drug-likeness (QED) is 0.679. The molecule has 1 aromatic rings. The summed E-state index contributed by atoms with van der Waals surface area (Å²) in [7, 11) is 3.20. The Morgan fingerprint density at radius 3 is 2.95 bits per heavy atom. The van der Waals surface area contributed by atoms with Crippen LogP contribution in [-0.2, 0) is 27.2 Å². The highest BCUT2D eigenvalue weighted by atomic mass is 16.5. The van der Waals surface area contributed by atoms with Crippen LogP contribution in [0.25, 0.3) is 0 Å². The number of fused-ring (bicyclic) bond motifs is 1. The zero-order valence-electron chi connectivity index (χ0n) is 12.5. The van der Waals surface area contributed by atoms with E-state index in [1.165, 1.54) is 0 Å². The standard InChI is InChI=1S/C14H21N3O4/c1-19-6-3-7-21-10-14(18)17-5-4-12-11(9-17)8-13(20-2)16-15-12/h8H,3-7,9-10H2,1-2H3. The van der Waals surface area contributed by atoms with E-state index in [9.17, 15) is 4.79 Å². The van der Waals surface area contributed by atoms with E-state index >= 15 is 0 Å². The van der Waals surface area contributed by atoms with Crippen LogP contribution in [0.1, 0.15) is 17.7 Å². The van der Waals surface area contributed by atoms with Crippen LogP contribution in [0.2, 0.25) is 0 Å². The fraction of sp³-hybridized carbons (Fsp3) is 0.643. The van der Waals surface area contributed by atoms with E-state index in [1.807, 2.05) is 6.07 Å². The maximum atomic E-state index is 12.1. The number of hydrogen-bond donors (Lipinski definition) is 0. The van der Waals surface area contributed by atoms with Crippen molar-refractivity contribution >= 4 is 5.91 Å². The zero-order valence-corrected chi connectivity index (χ0v) is 12.5. The lowest BCUT2D eigenvalue weighted by Crippen LogP contribution is -2.38. The van der Waals surface area contributed by atoms with Gasteiger partial charge in [-0.1, -0.05) is 0 Å². The Morgan fingerprint density at radius 1 is 1.33 bits per heavy atom. The topological polar surface area (TPSA) is 73.8 Å². The Labute approximate surface area is 124 Å². The maximum absolute atomic E-state index is 12.1. The molecule has 1 aromatic heterocycles. The summed E-state index contributed by atoms with van der Waals surface area (Å²) in [4.78, 5) is 13.9. The molecule has 0 unspecified atom stereocenters. The molecule has 0 saturated carbocycles. The predicted molar refractivity (Wildman–Crippen MR) is 75.0 cm³/mol. The number of carbonyl (C=O) groups excluding carboxylic acids is 1. The zero-order chi connectivity index (χ0) is 15.1. The molecule has 2 heterocycles. The first-order valence-electron chi connectivity index (χ1n) is 6.98. The molecule has 116 valence electrons. The molecule has 7 nitrogen and oxygen atoms in total. The van der Waals surface area contributed by atoms with Crippen molar-refractivity contribution in [2.24, 2.45) is 0 Å². The number of amides is 1. The van der Waals surface area contributed by atoms with Crippen LogP contribution in [0.3, 0.4) is 0 Å². The van der Waals surface area contributed by atoms with E-state index in [-0.39, 0.29) is 12.5 Å². The number of ether oxygens (including phenoxy) is 3. The monoisotopic (exact) mass is 295 g/mol. The number of rotatable bonds is 7. The normalized spacial score (nSPS) is 13.9. The summed E-state index contributed by atoms with van der Waals surface area (Å²) in [6, 6.07) is 1.83. The summed E-state index contributed by atoms with van der Waals surface area (Å²) in [5.74, 6) is 0.465. The van der Waals surface area contributed by atoms with Gasteiger partial charge >= 0.3 is 0 Å². The van der Waals surface area contributed by atoms with E-state index < -0.39 is 0 Å². The highest BCUT2D eigenvalue weighted by Gasteiger charge is 2.22. The second kappa shape index (κ2) is 7.90. The van der Waals surface area contributed by atoms with Crippen LogP contribution < -0.4 is 4.74 Å². The van der Waals surface area contributed by atoms with Gasteiger partial charge in [0.15, 0.2) is 0 Å². The number of aromatic nitrogens is 2. The third-order valence-electron chi connectivity index (χ3n) is 3.34. The Balaban J connectivity index is 1.84. The first-order chi connectivity index (χ1) is 10.2. The van der Waals surface area contributed by atoms with Crippen LogP contribution in [0, 0.1) is 0 Å². The van der Waals surface area contributed by atoms with Crippen LogP contribution in [0.4, 0.5) is 0 Å². The van der Waals surface area contributed by atoms with Crippen LogP contribution in [0.5, 0.6) is 5.88 Å². The molecule has 0 spiro atoms. The summed E-state index contributed by atoms with van der Waals surface area (Å²) >= 11 is 0. The Bertz CT molecular complexity index is 481. The molecule has 0 bridgehead atoms. The average molecular weight is 295 g/mol. The summed E-state index contributed by atoms with van der Waals surface area (Å²) in [5.41, 5.74) is 1.92. The van der Waals surface area contributed by atoms with E-state index in [2.05, 4.69) is 10.2 Å². The number of hydrogen-bond acceptors (Lipinski definition) is 6. The molecule has 1 aliphatic heterocycles. The molecular formula is C14H21N3O4. The van der Waals surface area contributed by atoms with Crippen LogP contribution >= 0.6 is 0 Å². The fourth-order valence-corrected chi connectivity index (χ4v) is 2.18. The molecule has 0 aromatic carbocycles. The van der Waals surface area contributed by atoms with Gasteiger partial charge in [-0.15, -0.1) is 5.10 Å². The fourth-order valence-electron chi connectivity index (χ4n) is 2.18. The number of nitrogens with zero attached hydrogens (tertiary/aromatic N) is 3. The van der Waals surface area contributed by atoms with Crippen LogP contribution in [-0.4, -0.2) is 61.6 Å². The van der Waals surface area contributed by atoms with Crippen molar-refractivity contribution in [3.8, 4) is 5.88 Å². The minimum Gasteiger partial charge on any atom is -0.480 e. The molecule has 0 fully saturated rings. The van der Waals surface area contributed by atoms with E-state index in [1.54, 1.807) is 19.1 Å². The van der Waals surface area contributed by atoms with Gasteiger partial charge in [0.2, 0.25) is 11.8 Å². The number of methoxy groups -OCH3 is 2. The lowest BCUT2D eigenvalue weighted by molar-refractivity contribution is -0.137. The van der Waals surface area contributed by atoms with Crippen molar-refractivity contribution in [3.63, 3.8) is 0 Å². The van der Waals surface area contributed by atoms with E-state index in [0.29, 0.717) is 38.6 Å². The van der Waals surface area contributed by atoms with E-state index in [4.69, 9.17) is 14.2 Å². The molecular weight excluding hydrogens is 274 g/mol. The van der Waals surface area contributed by atoms with Gasteiger partial charge in [0.05, 0.1) is 12.8 Å². The molecule has 0 N–H and O–H groups in total. The molecule has 21 heavy (non-hydrogen) atoms. The molecule has 2 rings (SSSR count). The Kier molecular flexibility index (Phi) is 5.89. The second-order valence-electron chi connectivity index (χ2n) is 4.82. The van der Waals surface area contributed by atoms with Gasteiger partial charge in [-0.25, -0.2) is 0 Å². The minimum atomic E-state index is -0.00570. The minimum absolute atomic E-state index is 0.00570. The average Bonchev–Trinajstić information content (AvgIpc) is 2.53. The lowest BCUT2D eigenvalue weighted by atomic mass is 10.1. The SMILES string of the molecule is COCCCOCC(=O)N1CCc2nnc(OC)cc2C1. The lowest BCUT2D eigenvalue weighted by Gasteiger charge is -2.28. The van der Waals surface area contributed by atoms with Gasteiger partial charge in [-0.2, -0.15) is 5.10 Å². The first kappa shape index (κ1) is 15.7. The summed E-state index contributed by atoms with van der Waals surface area (Å²) in [6.07, 6.45) is 1.50. The van der Waals surface area contributed by atoms with Crippen molar-refractivity contribution in [2.75, 3.05) is 40.6 Å². The van der Waals surface area contributed by atoms with Crippen molar-refractivity contribution in [3.05, 3.63) is 17.3 Å². The van der Waals surface area contributed by atoms with Gasteiger partial charge in [0.25, 0.3) is 0 Å².